The lowest BCUT2D eigenvalue weighted by atomic mass is 10.0. The number of pyridine rings is 1. The van der Waals surface area contributed by atoms with Crippen LogP contribution in [-0.2, 0) is 17.9 Å². The van der Waals surface area contributed by atoms with E-state index in [-0.39, 0.29) is 24.8 Å². The van der Waals surface area contributed by atoms with E-state index in [0.29, 0.717) is 16.9 Å². The molecule has 34 heavy (non-hydrogen) atoms. The highest BCUT2D eigenvalue weighted by Gasteiger charge is 2.16. The van der Waals surface area contributed by atoms with Gasteiger partial charge in [0.25, 0.3) is 0 Å². The first kappa shape index (κ1) is 21.5. The Bertz CT molecular complexity index is 1500. The summed E-state index contributed by atoms with van der Waals surface area (Å²) in [5.41, 5.74) is 5.81. The maximum absolute atomic E-state index is 13.9. The van der Waals surface area contributed by atoms with Crippen LogP contribution in [0.4, 0.5) is 10.1 Å². The molecule has 5 aromatic rings. The molecular weight excluding hydrogens is 431 g/mol. The van der Waals surface area contributed by atoms with E-state index in [1.807, 2.05) is 19.1 Å². The van der Waals surface area contributed by atoms with Crippen LogP contribution in [-0.4, -0.2) is 30.5 Å². The fourth-order valence-corrected chi connectivity index (χ4v) is 4.10. The molecule has 0 unspecified atom stereocenters. The number of amides is 1. The van der Waals surface area contributed by atoms with Crippen LogP contribution in [0.2, 0.25) is 0 Å². The van der Waals surface area contributed by atoms with Crippen LogP contribution >= 0.6 is 0 Å². The maximum Gasteiger partial charge on any atom is 0.246 e. The number of hydrogen-bond acceptors (Lipinski definition) is 4. The zero-order valence-electron chi connectivity index (χ0n) is 18.9. The lowest BCUT2D eigenvalue weighted by Crippen LogP contribution is -2.19. The van der Waals surface area contributed by atoms with Crippen LogP contribution in [0.15, 0.2) is 73.2 Å². The van der Waals surface area contributed by atoms with Crippen molar-refractivity contribution < 1.29 is 9.18 Å². The fraction of sp³-hybridized carbons (Fsp3) is 0.154. The molecule has 2 aromatic carbocycles. The Hall–Kier alpha value is -4.33. The maximum atomic E-state index is 13.9. The zero-order valence-corrected chi connectivity index (χ0v) is 18.9. The first-order valence-electron chi connectivity index (χ1n) is 10.9. The quantitative estimate of drug-likeness (QED) is 0.402. The number of halogens is 1. The molecule has 0 spiro atoms. The van der Waals surface area contributed by atoms with E-state index in [9.17, 15) is 9.18 Å². The molecule has 0 atom stereocenters. The van der Waals surface area contributed by atoms with Gasteiger partial charge in [-0.05, 0) is 37.1 Å². The van der Waals surface area contributed by atoms with Crippen molar-refractivity contribution in [3.63, 3.8) is 0 Å². The van der Waals surface area contributed by atoms with Crippen LogP contribution in [0.5, 0.6) is 0 Å². The number of hydrogen-bond donors (Lipinski definition) is 1. The van der Waals surface area contributed by atoms with Gasteiger partial charge in [-0.15, -0.1) is 0 Å². The molecule has 170 valence electrons. The summed E-state index contributed by atoms with van der Waals surface area (Å²) >= 11 is 0. The highest BCUT2D eigenvalue weighted by atomic mass is 19.1. The van der Waals surface area contributed by atoms with Gasteiger partial charge in [-0.25, -0.2) is 14.1 Å². The molecule has 0 saturated carbocycles. The standard InChI is InChI=1S/C26H23FN6O/c1-17-6-5-8-19(12-17)22-10-11-28-26-25(22)18(2)31-33(26)16-24(34)30-21-13-29-32(15-21)14-20-7-3-4-9-23(20)27/h3-13,15H,14,16H2,1-2H3,(H,30,34). The third-order valence-electron chi connectivity index (χ3n) is 5.64. The Kier molecular flexibility index (Phi) is 5.63. The summed E-state index contributed by atoms with van der Waals surface area (Å²) in [6, 6.07) is 16.8. The third-order valence-corrected chi connectivity index (χ3v) is 5.64. The fourth-order valence-electron chi connectivity index (χ4n) is 4.10. The van der Waals surface area contributed by atoms with Crippen LogP contribution in [0, 0.1) is 19.7 Å². The summed E-state index contributed by atoms with van der Waals surface area (Å²) in [6.07, 6.45) is 4.95. The van der Waals surface area contributed by atoms with Gasteiger partial charge >= 0.3 is 0 Å². The Morgan fingerprint density at radius 2 is 1.94 bits per heavy atom. The normalized spacial score (nSPS) is 11.1. The molecule has 1 amide bonds. The van der Waals surface area contributed by atoms with E-state index < -0.39 is 0 Å². The van der Waals surface area contributed by atoms with E-state index in [2.05, 4.69) is 45.6 Å². The molecule has 3 heterocycles. The van der Waals surface area contributed by atoms with Gasteiger partial charge in [-0.2, -0.15) is 10.2 Å². The minimum absolute atomic E-state index is 0.00705. The van der Waals surface area contributed by atoms with Crippen molar-refractivity contribution in [2.75, 3.05) is 5.32 Å². The van der Waals surface area contributed by atoms with Gasteiger partial charge in [0.1, 0.15) is 12.4 Å². The van der Waals surface area contributed by atoms with Crippen molar-refractivity contribution in [1.82, 2.24) is 24.5 Å². The van der Waals surface area contributed by atoms with E-state index in [4.69, 9.17) is 0 Å². The molecule has 0 fully saturated rings. The minimum Gasteiger partial charge on any atom is -0.322 e. The highest BCUT2D eigenvalue weighted by molar-refractivity contribution is 5.96. The molecule has 0 aliphatic carbocycles. The number of aryl methyl sites for hydroxylation is 2. The summed E-state index contributed by atoms with van der Waals surface area (Å²) in [4.78, 5) is 17.3. The number of anilines is 1. The molecule has 5 rings (SSSR count). The summed E-state index contributed by atoms with van der Waals surface area (Å²) in [6.45, 7) is 4.26. The molecular formula is C26H23FN6O. The molecule has 0 saturated heterocycles. The van der Waals surface area contributed by atoms with Gasteiger partial charge < -0.3 is 5.32 Å². The van der Waals surface area contributed by atoms with Crippen LogP contribution in [0.1, 0.15) is 16.8 Å². The van der Waals surface area contributed by atoms with Crippen molar-refractivity contribution in [3.05, 3.63) is 95.8 Å². The predicted molar refractivity (Wildman–Crippen MR) is 129 cm³/mol. The average Bonchev–Trinajstić information content (AvgIpc) is 3.39. The van der Waals surface area contributed by atoms with Crippen molar-refractivity contribution >= 4 is 22.6 Å². The topological polar surface area (TPSA) is 77.6 Å². The molecule has 8 heteroatoms. The van der Waals surface area contributed by atoms with Crippen LogP contribution in [0.3, 0.4) is 0 Å². The Morgan fingerprint density at radius 3 is 2.76 bits per heavy atom. The highest BCUT2D eigenvalue weighted by Crippen LogP contribution is 2.30. The molecule has 0 radical (unpaired) electrons. The molecule has 0 aliphatic heterocycles. The first-order chi connectivity index (χ1) is 16.5. The first-order valence-corrected chi connectivity index (χ1v) is 10.9. The number of carbonyl (C=O) groups excluding carboxylic acids is 1. The van der Waals surface area contributed by atoms with Crippen molar-refractivity contribution in [1.29, 1.82) is 0 Å². The van der Waals surface area contributed by atoms with Gasteiger partial charge in [0, 0.05) is 23.3 Å². The second-order valence-electron chi connectivity index (χ2n) is 8.24. The number of benzene rings is 2. The number of nitrogens with zero attached hydrogens (tertiary/aromatic N) is 5. The zero-order chi connectivity index (χ0) is 23.7. The van der Waals surface area contributed by atoms with Crippen LogP contribution in [0.25, 0.3) is 22.2 Å². The molecule has 3 aromatic heterocycles. The number of fused-ring (bicyclic) bond motifs is 1. The van der Waals surface area contributed by atoms with Crippen LogP contribution < -0.4 is 5.32 Å². The minimum atomic E-state index is -0.290. The molecule has 0 aliphatic rings. The van der Waals surface area contributed by atoms with E-state index in [1.165, 1.54) is 11.6 Å². The van der Waals surface area contributed by atoms with Gasteiger partial charge in [-0.3, -0.25) is 9.48 Å². The van der Waals surface area contributed by atoms with Gasteiger partial charge in [0.2, 0.25) is 5.91 Å². The van der Waals surface area contributed by atoms with E-state index >= 15 is 0 Å². The molecule has 0 bridgehead atoms. The average molecular weight is 455 g/mol. The second kappa shape index (κ2) is 8.90. The van der Waals surface area contributed by atoms with E-state index in [0.717, 1.165) is 22.2 Å². The van der Waals surface area contributed by atoms with Crippen molar-refractivity contribution in [2.45, 2.75) is 26.9 Å². The number of nitrogens with one attached hydrogen (secondary N) is 1. The summed E-state index contributed by atoms with van der Waals surface area (Å²) in [7, 11) is 0. The SMILES string of the molecule is Cc1cccc(-c2ccnc3c2c(C)nn3CC(=O)Nc2cnn(Cc3ccccc3F)c2)c1. The third kappa shape index (κ3) is 4.30. The summed E-state index contributed by atoms with van der Waals surface area (Å²) in [5.74, 6) is -0.542. The summed E-state index contributed by atoms with van der Waals surface area (Å²) in [5, 5.41) is 12.6. The van der Waals surface area contributed by atoms with Gasteiger partial charge in [0.05, 0.1) is 24.1 Å². The Morgan fingerprint density at radius 1 is 1.09 bits per heavy atom. The second-order valence-corrected chi connectivity index (χ2v) is 8.24. The smallest absolute Gasteiger partial charge is 0.246 e. The van der Waals surface area contributed by atoms with E-state index in [1.54, 1.807) is 46.2 Å². The Balaban J connectivity index is 1.34. The largest absolute Gasteiger partial charge is 0.322 e. The van der Waals surface area contributed by atoms with Gasteiger partial charge in [0.15, 0.2) is 5.65 Å². The molecule has 7 nitrogen and oxygen atoms in total. The van der Waals surface area contributed by atoms with Gasteiger partial charge in [-0.1, -0.05) is 48.0 Å². The monoisotopic (exact) mass is 454 g/mol. The number of carbonyl (C=O) groups is 1. The van der Waals surface area contributed by atoms with Crippen molar-refractivity contribution in [3.8, 4) is 11.1 Å². The lowest BCUT2D eigenvalue weighted by Gasteiger charge is -2.06. The summed E-state index contributed by atoms with van der Waals surface area (Å²) < 4.78 is 17.1. The molecule has 1 N–H and O–H groups in total. The number of aromatic nitrogens is 5. The predicted octanol–water partition coefficient (Wildman–Crippen LogP) is 4.74. The Labute approximate surface area is 195 Å². The number of rotatable bonds is 6. The lowest BCUT2D eigenvalue weighted by molar-refractivity contribution is -0.116. The van der Waals surface area contributed by atoms with Crippen molar-refractivity contribution in [2.24, 2.45) is 0 Å².